The number of nitro benzene ring substituents is 1. The predicted octanol–water partition coefficient (Wildman–Crippen LogP) is 3.26. The van der Waals surface area contributed by atoms with Crippen LogP contribution in [0, 0.1) is 15.9 Å². The fourth-order valence-electron chi connectivity index (χ4n) is 2.21. The van der Waals surface area contributed by atoms with Crippen LogP contribution >= 0.6 is 24.0 Å². The highest BCUT2D eigenvalue weighted by Crippen LogP contribution is 2.16. The summed E-state index contributed by atoms with van der Waals surface area (Å²) in [5.41, 5.74) is 1.67. The van der Waals surface area contributed by atoms with Gasteiger partial charge < -0.3 is 10.6 Å². The number of nitrogens with zero attached hydrogens (tertiary/aromatic N) is 2. The van der Waals surface area contributed by atoms with Crippen molar-refractivity contribution in [2.24, 2.45) is 4.99 Å². The van der Waals surface area contributed by atoms with E-state index in [2.05, 4.69) is 15.6 Å². The fraction of sp³-hybridized carbons (Fsp3) is 0.235. The van der Waals surface area contributed by atoms with Gasteiger partial charge in [0.05, 0.1) is 4.92 Å². The number of halogens is 2. The van der Waals surface area contributed by atoms with Gasteiger partial charge in [0.2, 0.25) is 0 Å². The van der Waals surface area contributed by atoms with Crippen LogP contribution in [-0.2, 0) is 13.0 Å². The first kappa shape index (κ1) is 20.8. The van der Waals surface area contributed by atoms with Crippen molar-refractivity contribution >= 4 is 35.6 Å². The lowest BCUT2D eigenvalue weighted by molar-refractivity contribution is -0.385. The van der Waals surface area contributed by atoms with Crippen molar-refractivity contribution in [2.45, 2.75) is 13.0 Å². The molecule has 0 heterocycles. The molecule has 0 aromatic heterocycles. The van der Waals surface area contributed by atoms with Crippen LogP contribution in [0.5, 0.6) is 0 Å². The fourth-order valence-corrected chi connectivity index (χ4v) is 2.21. The minimum Gasteiger partial charge on any atom is -0.356 e. The second-order valence-electron chi connectivity index (χ2n) is 5.11. The highest BCUT2D eigenvalue weighted by molar-refractivity contribution is 14.0. The molecule has 0 aliphatic heterocycles. The quantitative estimate of drug-likeness (QED) is 0.229. The van der Waals surface area contributed by atoms with Gasteiger partial charge in [0, 0.05) is 31.8 Å². The molecule has 8 heteroatoms. The number of hydrogen-bond acceptors (Lipinski definition) is 3. The summed E-state index contributed by atoms with van der Waals surface area (Å²) < 4.78 is 12.8. The molecule has 0 radical (unpaired) electrons. The molecular weight excluding hydrogens is 438 g/mol. The average Bonchev–Trinajstić information content (AvgIpc) is 2.59. The Labute approximate surface area is 162 Å². The largest absolute Gasteiger partial charge is 0.356 e. The summed E-state index contributed by atoms with van der Waals surface area (Å²) in [5, 5.41) is 17.2. The topological polar surface area (TPSA) is 79.6 Å². The number of benzene rings is 2. The number of para-hydroxylation sites is 1. The SMILES string of the molecule is CN=C(NCCc1ccc(F)cc1)NCc1ccccc1[N+](=O)[O-].I. The molecule has 2 N–H and O–H groups in total. The molecule has 134 valence electrons. The molecule has 0 atom stereocenters. The molecule has 0 aliphatic rings. The first-order chi connectivity index (χ1) is 11.6. The van der Waals surface area contributed by atoms with Gasteiger partial charge in [-0.25, -0.2) is 4.39 Å². The van der Waals surface area contributed by atoms with E-state index in [1.165, 1.54) is 18.2 Å². The van der Waals surface area contributed by atoms with E-state index in [0.29, 0.717) is 31.0 Å². The van der Waals surface area contributed by atoms with Gasteiger partial charge in [-0.3, -0.25) is 15.1 Å². The zero-order valence-electron chi connectivity index (χ0n) is 13.7. The maximum absolute atomic E-state index is 12.8. The molecule has 6 nitrogen and oxygen atoms in total. The molecule has 2 aromatic carbocycles. The zero-order chi connectivity index (χ0) is 17.4. The van der Waals surface area contributed by atoms with Gasteiger partial charge in [-0.2, -0.15) is 0 Å². The van der Waals surface area contributed by atoms with Crippen LogP contribution in [0.3, 0.4) is 0 Å². The van der Waals surface area contributed by atoms with Gasteiger partial charge in [0.25, 0.3) is 5.69 Å². The Balaban J connectivity index is 0.00000312. The third kappa shape index (κ3) is 6.65. The summed E-state index contributed by atoms with van der Waals surface area (Å²) in [4.78, 5) is 14.7. The van der Waals surface area contributed by atoms with Crippen molar-refractivity contribution < 1.29 is 9.31 Å². The Bertz CT molecular complexity index is 723. The summed E-state index contributed by atoms with van der Waals surface area (Å²) in [6, 6.07) is 12.9. The first-order valence-corrected chi connectivity index (χ1v) is 7.51. The summed E-state index contributed by atoms with van der Waals surface area (Å²) >= 11 is 0. The molecule has 25 heavy (non-hydrogen) atoms. The third-order valence-corrected chi connectivity index (χ3v) is 3.48. The zero-order valence-corrected chi connectivity index (χ0v) is 16.1. The number of rotatable bonds is 6. The number of guanidine groups is 1. The Kier molecular flexibility index (Phi) is 8.82. The molecule has 0 saturated heterocycles. The predicted molar refractivity (Wildman–Crippen MR) is 107 cm³/mol. The highest BCUT2D eigenvalue weighted by atomic mass is 127. The lowest BCUT2D eigenvalue weighted by atomic mass is 10.1. The smallest absolute Gasteiger partial charge is 0.274 e. The Morgan fingerprint density at radius 1 is 1.16 bits per heavy atom. The second-order valence-corrected chi connectivity index (χ2v) is 5.11. The molecule has 0 saturated carbocycles. The van der Waals surface area contributed by atoms with E-state index in [1.807, 2.05) is 0 Å². The monoisotopic (exact) mass is 458 g/mol. The summed E-state index contributed by atoms with van der Waals surface area (Å²) in [5.74, 6) is 0.295. The van der Waals surface area contributed by atoms with Gasteiger partial charge >= 0.3 is 0 Å². The van der Waals surface area contributed by atoms with Crippen LogP contribution in [0.15, 0.2) is 53.5 Å². The summed E-state index contributed by atoms with van der Waals surface area (Å²) in [6.07, 6.45) is 0.715. The number of nitro groups is 1. The third-order valence-electron chi connectivity index (χ3n) is 3.48. The lowest BCUT2D eigenvalue weighted by Gasteiger charge is -2.12. The van der Waals surface area contributed by atoms with Crippen molar-refractivity contribution in [3.8, 4) is 0 Å². The van der Waals surface area contributed by atoms with E-state index in [9.17, 15) is 14.5 Å². The minimum absolute atomic E-state index is 0. The Morgan fingerprint density at radius 3 is 2.48 bits per heavy atom. The number of nitrogens with one attached hydrogen (secondary N) is 2. The van der Waals surface area contributed by atoms with Crippen molar-refractivity contribution in [3.63, 3.8) is 0 Å². The van der Waals surface area contributed by atoms with E-state index in [4.69, 9.17) is 0 Å². The van der Waals surface area contributed by atoms with Crippen LogP contribution in [-0.4, -0.2) is 24.5 Å². The molecule has 0 fully saturated rings. The Morgan fingerprint density at radius 2 is 1.84 bits per heavy atom. The normalized spacial score (nSPS) is 10.7. The van der Waals surface area contributed by atoms with Crippen LogP contribution < -0.4 is 10.6 Å². The van der Waals surface area contributed by atoms with Crippen molar-refractivity contribution in [2.75, 3.05) is 13.6 Å². The molecule has 0 bridgehead atoms. The number of hydrogen-bond donors (Lipinski definition) is 2. The van der Waals surface area contributed by atoms with E-state index < -0.39 is 4.92 Å². The van der Waals surface area contributed by atoms with Crippen molar-refractivity contribution in [1.29, 1.82) is 0 Å². The van der Waals surface area contributed by atoms with Crippen LogP contribution in [0.4, 0.5) is 10.1 Å². The van der Waals surface area contributed by atoms with Crippen LogP contribution in [0.1, 0.15) is 11.1 Å². The second kappa shape index (κ2) is 10.6. The van der Waals surface area contributed by atoms with Gasteiger partial charge in [-0.05, 0) is 24.1 Å². The van der Waals surface area contributed by atoms with E-state index in [-0.39, 0.29) is 35.5 Å². The van der Waals surface area contributed by atoms with Gasteiger partial charge in [0.1, 0.15) is 5.82 Å². The summed E-state index contributed by atoms with van der Waals surface area (Å²) in [6.45, 7) is 0.912. The van der Waals surface area contributed by atoms with Crippen LogP contribution in [0.25, 0.3) is 0 Å². The molecule has 0 amide bonds. The standard InChI is InChI=1S/C17H19FN4O2.HI/c1-19-17(20-11-10-13-6-8-15(18)9-7-13)21-12-14-4-2-3-5-16(14)22(23)24;/h2-9H,10-12H2,1H3,(H2,19,20,21);1H. The maximum atomic E-state index is 12.8. The molecule has 0 aliphatic carbocycles. The molecule has 0 spiro atoms. The highest BCUT2D eigenvalue weighted by Gasteiger charge is 2.12. The minimum atomic E-state index is -0.401. The lowest BCUT2D eigenvalue weighted by Crippen LogP contribution is -2.37. The van der Waals surface area contributed by atoms with E-state index in [1.54, 1.807) is 37.4 Å². The molecule has 2 aromatic rings. The molecular formula is C17H20FIN4O2. The maximum Gasteiger partial charge on any atom is 0.274 e. The molecule has 2 rings (SSSR count). The van der Waals surface area contributed by atoms with Crippen molar-refractivity contribution in [1.82, 2.24) is 10.6 Å². The average molecular weight is 458 g/mol. The van der Waals surface area contributed by atoms with E-state index in [0.717, 1.165) is 5.56 Å². The Hall–Kier alpha value is -2.23. The van der Waals surface area contributed by atoms with Gasteiger partial charge in [0.15, 0.2) is 5.96 Å². The van der Waals surface area contributed by atoms with Gasteiger partial charge in [-0.15, -0.1) is 24.0 Å². The summed E-state index contributed by atoms with van der Waals surface area (Å²) in [7, 11) is 1.63. The van der Waals surface area contributed by atoms with Gasteiger partial charge in [-0.1, -0.05) is 30.3 Å². The number of aliphatic imine (C=N–C) groups is 1. The first-order valence-electron chi connectivity index (χ1n) is 7.51. The molecule has 0 unspecified atom stereocenters. The van der Waals surface area contributed by atoms with Crippen LogP contribution in [0.2, 0.25) is 0 Å². The van der Waals surface area contributed by atoms with E-state index >= 15 is 0 Å². The van der Waals surface area contributed by atoms with Crippen molar-refractivity contribution in [3.05, 3.63) is 75.6 Å².